The van der Waals surface area contributed by atoms with Crippen LogP contribution in [0, 0.1) is 6.92 Å². The summed E-state index contributed by atoms with van der Waals surface area (Å²) < 4.78 is 10.7. The number of rotatable bonds is 5. The molecule has 3 nitrogen and oxygen atoms in total. The zero-order chi connectivity index (χ0) is 12.1. The molecule has 0 aliphatic rings. The quantitative estimate of drug-likeness (QED) is 0.835. The van der Waals surface area contributed by atoms with E-state index in [9.17, 15) is 5.11 Å². The number of aryl methyl sites for hydroxylation is 1. The van der Waals surface area contributed by atoms with E-state index >= 15 is 0 Å². The number of aliphatic hydroxyl groups excluding tert-OH is 1. The van der Waals surface area contributed by atoms with E-state index in [2.05, 4.69) is 0 Å². The van der Waals surface area contributed by atoms with Gasteiger partial charge in [-0.25, -0.2) is 0 Å². The highest BCUT2D eigenvalue weighted by molar-refractivity contribution is 5.38. The van der Waals surface area contributed by atoms with E-state index in [1.807, 2.05) is 32.0 Å². The molecule has 0 aromatic heterocycles. The van der Waals surface area contributed by atoms with Crippen molar-refractivity contribution in [2.75, 3.05) is 13.7 Å². The molecular formula is C13H20O3. The Kier molecular flexibility index (Phi) is 4.77. The van der Waals surface area contributed by atoms with Crippen LogP contribution in [0.1, 0.15) is 31.1 Å². The third kappa shape index (κ3) is 3.51. The van der Waals surface area contributed by atoms with Crippen LogP contribution >= 0.6 is 0 Å². The summed E-state index contributed by atoms with van der Waals surface area (Å²) in [5.41, 5.74) is 1.94. The maximum atomic E-state index is 9.66. The van der Waals surface area contributed by atoms with Crippen LogP contribution in [-0.2, 0) is 4.74 Å². The summed E-state index contributed by atoms with van der Waals surface area (Å²) in [5, 5.41) is 9.66. The molecule has 2 atom stereocenters. The summed E-state index contributed by atoms with van der Waals surface area (Å²) in [5.74, 6) is 0.727. The van der Waals surface area contributed by atoms with Crippen molar-refractivity contribution in [2.45, 2.75) is 33.0 Å². The van der Waals surface area contributed by atoms with Crippen LogP contribution in [-0.4, -0.2) is 24.9 Å². The molecule has 1 unspecified atom stereocenters. The van der Waals surface area contributed by atoms with Crippen molar-refractivity contribution in [1.29, 1.82) is 0 Å². The number of ether oxygens (including phenoxy) is 2. The topological polar surface area (TPSA) is 38.7 Å². The minimum Gasteiger partial charge on any atom is -0.488 e. The van der Waals surface area contributed by atoms with Gasteiger partial charge in [0.2, 0.25) is 0 Å². The van der Waals surface area contributed by atoms with Crippen molar-refractivity contribution in [3.8, 4) is 5.75 Å². The van der Waals surface area contributed by atoms with Gasteiger partial charge in [0.05, 0.1) is 12.7 Å². The van der Waals surface area contributed by atoms with Crippen molar-refractivity contribution in [1.82, 2.24) is 0 Å². The Balaban J connectivity index is 2.86. The van der Waals surface area contributed by atoms with Gasteiger partial charge in [-0.3, -0.25) is 0 Å². The highest BCUT2D eigenvalue weighted by Crippen LogP contribution is 2.27. The van der Waals surface area contributed by atoms with Crippen LogP contribution in [0.5, 0.6) is 5.75 Å². The first-order chi connectivity index (χ1) is 7.54. The van der Waals surface area contributed by atoms with E-state index in [-0.39, 0.29) is 6.10 Å². The molecule has 0 saturated heterocycles. The maximum absolute atomic E-state index is 9.66. The number of aliphatic hydroxyl groups is 1. The number of methoxy groups -OCH3 is 1. The van der Waals surface area contributed by atoms with E-state index in [4.69, 9.17) is 9.47 Å². The van der Waals surface area contributed by atoms with Gasteiger partial charge in [-0.2, -0.15) is 0 Å². The maximum Gasteiger partial charge on any atom is 0.125 e. The van der Waals surface area contributed by atoms with Crippen molar-refractivity contribution >= 4 is 0 Å². The molecule has 0 aliphatic carbocycles. The molecule has 1 rings (SSSR count). The average Bonchev–Trinajstić information content (AvgIpc) is 2.20. The number of hydrogen-bond acceptors (Lipinski definition) is 3. The van der Waals surface area contributed by atoms with Crippen molar-refractivity contribution in [3.05, 3.63) is 29.3 Å². The molecule has 90 valence electrons. The van der Waals surface area contributed by atoms with Crippen molar-refractivity contribution in [3.63, 3.8) is 0 Å². The molecule has 0 radical (unpaired) electrons. The molecule has 0 bridgehead atoms. The highest BCUT2D eigenvalue weighted by atomic mass is 16.5. The van der Waals surface area contributed by atoms with E-state index in [1.165, 1.54) is 0 Å². The predicted octanol–water partition coefficient (Wildman–Crippen LogP) is 2.46. The fraction of sp³-hybridized carbons (Fsp3) is 0.538. The zero-order valence-electron chi connectivity index (χ0n) is 10.4. The van der Waals surface area contributed by atoms with Gasteiger partial charge < -0.3 is 14.6 Å². The largest absolute Gasteiger partial charge is 0.488 e. The molecule has 0 fully saturated rings. The Morgan fingerprint density at radius 1 is 1.31 bits per heavy atom. The first-order valence-corrected chi connectivity index (χ1v) is 5.48. The number of benzene rings is 1. The van der Waals surface area contributed by atoms with E-state index in [0.717, 1.165) is 16.9 Å². The van der Waals surface area contributed by atoms with Gasteiger partial charge in [-0.05, 0) is 32.9 Å². The second-order valence-corrected chi connectivity index (χ2v) is 4.10. The fourth-order valence-electron chi connectivity index (χ4n) is 1.59. The molecular weight excluding hydrogens is 204 g/mol. The van der Waals surface area contributed by atoms with E-state index < -0.39 is 6.10 Å². The second kappa shape index (κ2) is 5.87. The lowest BCUT2D eigenvalue weighted by Gasteiger charge is -2.18. The van der Waals surface area contributed by atoms with Crippen LogP contribution in [0.15, 0.2) is 18.2 Å². The summed E-state index contributed by atoms with van der Waals surface area (Å²) >= 11 is 0. The van der Waals surface area contributed by atoms with Gasteiger partial charge in [0.25, 0.3) is 0 Å². The second-order valence-electron chi connectivity index (χ2n) is 4.10. The van der Waals surface area contributed by atoms with Gasteiger partial charge in [0.15, 0.2) is 0 Å². The SMILES string of the molecule is COCC(C)Oc1ccc(C)cc1[C@H](C)O. The first-order valence-electron chi connectivity index (χ1n) is 5.48. The van der Waals surface area contributed by atoms with Crippen LogP contribution in [0.4, 0.5) is 0 Å². The summed E-state index contributed by atoms with van der Waals surface area (Å²) in [6.45, 7) is 6.21. The lowest BCUT2D eigenvalue weighted by molar-refractivity contribution is 0.0886. The smallest absolute Gasteiger partial charge is 0.125 e. The van der Waals surface area contributed by atoms with Gasteiger partial charge >= 0.3 is 0 Å². The normalized spacial score (nSPS) is 14.6. The summed E-state index contributed by atoms with van der Waals surface area (Å²) in [6, 6.07) is 5.81. The van der Waals surface area contributed by atoms with E-state index in [0.29, 0.717) is 6.61 Å². The Morgan fingerprint density at radius 2 is 2.00 bits per heavy atom. The molecule has 16 heavy (non-hydrogen) atoms. The number of hydrogen-bond donors (Lipinski definition) is 1. The molecule has 3 heteroatoms. The molecule has 0 amide bonds. The molecule has 1 aromatic rings. The Labute approximate surface area is 97.0 Å². The summed E-state index contributed by atoms with van der Waals surface area (Å²) in [7, 11) is 1.64. The molecule has 0 saturated carbocycles. The minimum absolute atomic E-state index is 0.0230. The standard InChI is InChI=1S/C13H20O3/c1-9-5-6-13(12(7-9)11(3)14)16-10(2)8-15-4/h5-7,10-11,14H,8H2,1-4H3/t10?,11-/m0/s1. The monoisotopic (exact) mass is 224 g/mol. The molecule has 0 heterocycles. The molecule has 1 aromatic carbocycles. The van der Waals surface area contributed by atoms with Crippen molar-refractivity contribution < 1.29 is 14.6 Å². The Bertz CT molecular complexity index is 334. The van der Waals surface area contributed by atoms with Gasteiger partial charge in [-0.15, -0.1) is 0 Å². The lowest BCUT2D eigenvalue weighted by atomic mass is 10.1. The van der Waals surface area contributed by atoms with E-state index in [1.54, 1.807) is 14.0 Å². The lowest BCUT2D eigenvalue weighted by Crippen LogP contribution is -2.19. The average molecular weight is 224 g/mol. The Hall–Kier alpha value is -1.06. The van der Waals surface area contributed by atoms with Gasteiger partial charge in [0.1, 0.15) is 11.9 Å². The molecule has 0 spiro atoms. The first kappa shape index (κ1) is 13.0. The van der Waals surface area contributed by atoms with Crippen LogP contribution in [0.3, 0.4) is 0 Å². The summed E-state index contributed by atoms with van der Waals surface area (Å²) in [4.78, 5) is 0. The van der Waals surface area contributed by atoms with Crippen LogP contribution in [0.25, 0.3) is 0 Å². The highest BCUT2D eigenvalue weighted by Gasteiger charge is 2.12. The van der Waals surface area contributed by atoms with Crippen LogP contribution < -0.4 is 4.74 Å². The van der Waals surface area contributed by atoms with Crippen LogP contribution in [0.2, 0.25) is 0 Å². The third-order valence-electron chi connectivity index (χ3n) is 2.34. The predicted molar refractivity (Wildman–Crippen MR) is 63.8 cm³/mol. The third-order valence-corrected chi connectivity index (χ3v) is 2.34. The zero-order valence-corrected chi connectivity index (χ0v) is 10.4. The minimum atomic E-state index is -0.523. The molecule has 1 N–H and O–H groups in total. The van der Waals surface area contributed by atoms with Crippen molar-refractivity contribution in [2.24, 2.45) is 0 Å². The Morgan fingerprint density at radius 3 is 2.56 bits per heavy atom. The van der Waals surface area contributed by atoms with Gasteiger partial charge in [-0.1, -0.05) is 11.6 Å². The summed E-state index contributed by atoms with van der Waals surface area (Å²) in [6.07, 6.45) is -0.546. The van der Waals surface area contributed by atoms with Gasteiger partial charge in [0, 0.05) is 12.7 Å². The fourth-order valence-corrected chi connectivity index (χ4v) is 1.59. The molecule has 0 aliphatic heterocycles.